The number of nitrogens with one attached hydrogen (secondary N) is 1. The van der Waals surface area contributed by atoms with Gasteiger partial charge in [0.15, 0.2) is 7.28 Å². The lowest BCUT2D eigenvalue weighted by molar-refractivity contribution is 0.296. The van der Waals surface area contributed by atoms with Gasteiger partial charge in [-0.1, -0.05) is 138 Å². The molecule has 0 aromatic rings. The van der Waals surface area contributed by atoms with Crippen LogP contribution in [0.2, 0.25) is 19.5 Å². The van der Waals surface area contributed by atoms with Crippen molar-refractivity contribution in [1.29, 1.82) is 5.41 Å². The number of carbonyl (C=O) groups is 1. The van der Waals surface area contributed by atoms with E-state index in [0.717, 1.165) is 56.5 Å². The highest BCUT2D eigenvalue weighted by Crippen LogP contribution is 2.32. The van der Waals surface area contributed by atoms with E-state index < -0.39 is 0 Å². The maximum Gasteiger partial charge on any atom is 0.233 e. The van der Waals surface area contributed by atoms with Gasteiger partial charge in [-0.2, -0.15) is 0 Å². The molecule has 7 heteroatoms. The Morgan fingerprint density at radius 1 is 0.974 bits per heavy atom. The third kappa shape index (κ3) is 25.3. The molecule has 1 unspecified atom stereocenters. The number of hydrogen-bond acceptors (Lipinski definition) is 5. The molecule has 0 saturated heterocycles. The minimum atomic E-state index is 0.153. The van der Waals surface area contributed by atoms with Crippen LogP contribution in [0, 0.1) is 10.8 Å². The van der Waals surface area contributed by atoms with Crippen LogP contribution in [0.1, 0.15) is 138 Å². The van der Waals surface area contributed by atoms with E-state index in [4.69, 9.17) is 10.1 Å². The molecule has 220 valence electrons. The Kier molecular flexibility index (Phi) is 35.2. The summed E-state index contributed by atoms with van der Waals surface area (Å²) >= 11 is 4.08. The SMILES string of the molecule is CC.CCCCCCCC[B]C=O.C[B]CC(C)(CC)CC/C=C(CC)/C(=N/S)C(=N)OCCCCCC. The summed E-state index contributed by atoms with van der Waals surface area (Å²) in [5, 5.41) is 8.17. The average Bonchev–Trinajstić information content (AvgIpc) is 2.93. The molecule has 0 heterocycles. The Balaban J connectivity index is -0.000000786. The molecule has 0 amide bonds. The number of thiol groups is 1. The number of allylic oxidation sites excluding steroid dienone is 1. The van der Waals surface area contributed by atoms with E-state index in [1.165, 1.54) is 57.8 Å². The summed E-state index contributed by atoms with van der Waals surface area (Å²) in [6.45, 7) is 17.8. The zero-order chi connectivity index (χ0) is 29.5. The number of nitrogens with zero attached hydrogens (tertiary/aromatic N) is 1. The van der Waals surface area contributed by atoms with Gasteiger partial charge in [0, 0.05) is 0 Å². The highest BCUT2D eigenvalue weighted by Gasteiger charge is 2.20. The Morgan fingerprint density at radius 3 is 2.05 bits per heavy atom. The van der Waals surface area contributed by atoms with Crippen molar-refractivity contribution in [2.24, 2.45) is 9.81 Å². The molecule has 0 bridgehead atoms. The Hall–Kier alpha value is -0.970. The van der Waals surface area contributed by atoms with E-state index in [-0.39, 0.29) is 5.90 Å². The van der Waals surface area contributed by atoms with Crippen molar-refractivity contribution >= 4 is 45.2 Å². The van der Waals surface area contributed by atoms with Crippen LogP contribution in [-0.2, 0) is 9.53 Å². The minimum absolute atomic E-state index is 0.153. The summed E-state index contributed by atoms with van der Waals surface area (Å²) in [6.07, 6.45) is 21.8. The van der Waals surface area contributed by atoms with Crippen LogP contribution >= 0.6 is 12.8 Å². The number of hydrogen-bond donors (Lipinski definition) is 2. The first-order chi connectivity index (χ1) is 18.4. The maximum absolute atomic E-state index is 9.88. The predicted octanol–water partition coefficient (Wildman–Crippen LogP) is 10.2. The molecule has 0 spiro atoms. The van der Waals surface area contributed by atoms with Gasteiger partial charge < -0.3 is 9.53 Å². The van der Waals surface area contributed by atoms with Crippen LogP contribution in [0.3, 0.4) is 0 Å². The molecule has 1 N–H and O–H groups in total. The van der Waals surface area contributed by atoms with E-state index in [9.17, 15) is 4.79 Å². The van der Waals surface area contributed by atoms with Gasteiger partial charge >= 0.3 is 0 Å². The summed E-state index contributed by atoms with van der Waals surface area (Å²) in [6, 6.07) is 0. The quantitative estimate of drug-likeness (QED) is 0.0353. The highest BCUT2D eigenvalue weighted by molar-refractivity contribution is 7.79. The molecule has 0 aromatic heterocycles. The first kappa shape index (κ1) is 41.5. The Labute approximate surface area is 245 Å². The Morgan fingerprint density at radius 2 is 1.55 bits per heavy atom. The van der Waals surface area contributed by atoms with E-state index >= 15 is 0 Å². The molecular formula is C31H62B2N2O2S. The van der Waals surface area contributed by atoms with Crippen molar-refractivity contribution < 1.29 is 9.53 Å². The predicted molar refractivity (Wildman–Crippen MR) is 179 cm³/mol. The monoisotopic (exact) mass is 548 g/mol. The van der Waals surface area contributed by atoms with Gasteiger partial charge in [-0.05, 0) is 49.5 Å². The van der Waals surface area contributed by atoms with E-state index in [0.29, 0.717) is 17.7 Å². The van der Waals surface area contributed by atoms with Crippen molar-refractivity contribution in [2.45, 2.75) is 158 Å². The number of carbonyl (C=O) groups excluding carboxylic acids is 1. The topological polar surface area (TPSA) is 62.5 Å². The fourth-order valence-electron chi connectivity index (χ4n) is 4.06. The number of rotatable bonds is 22. The summed E-state index contributed by atoms with van der Waals surface area (Å²) in [7, 11) is 3.97. The maximum atomic E-state index is 9.88. The molecule has 0 saturated carbocycles. The second kappa shape index (κ2) is 32.2. The van der Waals surface area contributed by atoms with Gasteiger partial charge in [0.1, 0.15) is 13.0 Å². The standard InChI is InChI=1S/C20H38BN2OS.C9H18BO.C2H6/c1-6-9-10-11-15-24-19(22)18(23-25)17(7-2)13-12-14-20(4,8-3)16-21-5;1-2-3-4-5-6-7-8-10-9-11;1-2/h13,22,25H,6-12,14-16H2,1-5H3;9H,2-8H2,1H3;1-2H3/b17-13+,22-19?,23-18-;;. The molecule has 4 nitrogen and oxygen atoms in total. The molecule has 0 aliphatic carbocycles. The lowest BCUT2D eigenvalue weighted by Crippen LogP contribution is -2.20. The molecular weight excluding hydrogens is 486 g/mol. The molecule has 2 radical (unpaired) electrons. The first-order valence-corrected chi connectivity index (χ1v) is 16.0. The second-order valence-corrected chi connectivity index (χ2v) is 10.2. The molecule has 0 aliphatic heterocycles. The van der Waals surface area contributed by atoms with Crippen LogP contribution in [0.15, 0.2) is 16.0 Å². The van der Waals surface area contributed by atoms with Crippen molar-refractivity contribution in [1.82, 2.24) is 0 Å². The van der Waals surface area contributed by atoms with Crippen LogP contribution < -0.4 is 0 Å². The second-order valence-electron chi connectivity index (χ2n) is 10.0. The van der Waals surface area contributed by atoms with Gasteiger partial charge in [0.05, 0.1) is 12.8 Å². The van der Waals surface area contributed by atoms with Gasteiger partial charge in [-0.3, -0.25) is 5.41 Å². The summed E-state index contributed by atoms with van der Waals surface area (Å²) in [5.74, 6) is 0.153. The molecule has 38 heavy (non-hydrogen) atoms. The van der Waals surface area contributed by atoms with E-state index in [2.05, 4.69) is 72.0 Å². The highest BCUT2D eigenvalue weighted by atomic mass is 32.1. The number of unbranched alkanes of at least 4 members (excludes halogenated alkanes) is 8. The van der Waals surface area contributed by atoms with Crippen molar-refractivity contribution in [2.75, 3.05) is 6.61 Å². The number of ether oxygens (including phenoxy) is 1. The zero-order valence-electron chi connectivity index (χ0n) is 26.5. The summed E-state index contributed by atoms with van der Waals surface area (Å²) in [4.78, 5) is 9.88. The average molecular weight is 549 g/mol. The third-order valence-electron chi connectivity index (χ3n) is 6.75. The van der Waals surface area contributed by atoms with E-state index in [1.54, 1.807) is 7.28 Å². The molecule has 0 aliphatic rings. The van der Waals surface area contributed by atoms with Crippen LogP contribution in [0.5, 0.6) is 0 Å². The molecule has 0 fully saturated rings. The lowest BCUT2D eigenvalue weighted by Gasteiger charge is -2.27. The van der Waals surface area contributed by atoms with Crippen molar-refractivity contribution in [3.63, 3.8) is 0 Å². The lowest BCUT2D eigenvalue weighted by atomic mass is 9.63. The van der Waals surface area contributed by atoms with Crippen LogP contribution in [-0.4, -0.2) is 39.0 Å². The fraction of sp³-hybridized carbons (Fsp3) is 0.839. The molecule has 1 atom stereocenters. The van der Waals surface area contributed by atoms with Gasteiger partial charge in [0.25, 0.3) is 0 Å². The smallest absolute Gasteiger partial charge is 0.233 e. The summed E-state index contributed by atoms with van der Waals surface area (Å²) < 4.78 is 9.62. The largest absolute Gasteiger partial charge is 0.477 e. The first-order valence-electron chi connectivity index (χ1n) is 15.6. The normalized spacial score (nSPS) is 12.8. The molecule has 0 rings (SSSR count). The van der Waals surface area contributed by atoms with E-state index in [1.807, 2.05) is 13.8 Å². The third-order valence-corrected chi connectivity index (χ3v) is 6.95. The zero-order valence-corrected chi connectivity index (χ0v) is 27.4. The van der Waals surface area contributed by atoms with Crippen molar-refractivity contribution in [3.8, 4) is 0 Å². The van der Waals surface area contributed by atoms with Gasteiger partial charge in [-0.15, -0.1) is 0 Å². The molecule has 0 aromatic carbocycles. The summed E-state index contributed by atoms with van der Waals surface area (Å²) in [5.41, 5.74) is 2.00. The van der Waals surface area contributed by atoms with Crippen molar-refractivity contribution in [3.05, 3.63) is 11.6 Å². The Bertz CT molecular complexity index is 600. The fourth-order valence-corrected chi connectivity index (χ4v) is 4.28. The van der Waals surface area contributed by atoms with Gasteiger partial charge in [-0.25, -0.2) is 4.40 Å². The van der Waals surface area contributed by atoms with Crippen LogP contribution in [0.25, 0.3) is 0 Å². The van der Waals surface area contributed by atoms with Gasteiger partial charge in [0.2, 0.25) is 5.90 Å². The minimum Gasteiger partial charge on any atom is -0.477 e. The van der Waals surface area contributed by atoms with Crippen LogP contribution in [0.4, 0.5) is 0 Å².